The van der Waals surface area contributed by atoms with Crippen LogP contribution in [0.4, 0.5) is 0 Å². The van der Waals surface area contributed by atoms with Crippen LogP contribution in [-0.4, -0.2) is 29.3 Å². The highest BCUT2D eigenvalue weighted by Gasteiger charge is 2.22. The molecule has 1 aliphatic rings. The van der Waals surface area contributed by atoms with E-state index in [1.54, 1.807) is 35.6 Å². The zero-order chi connectivity index (χ0) is 19.8. The minimum absolute atomic E-state index is 0.0477. The van der Waals surface area contributed by atoms with E-state index in [1.165, 1.54) is 24.7 Å². The second-order valence-corrected chi connectivity index (χ2v) is 8.17. The molecule has 2 N–H and O–H groups in total. The molecule has 0 aliphatic heterocycles. The molecule has 1 aliphatic carbocycles. The van der Waals surface area contributed by atoms with E-state index in [4.69, 9.17) is 9.47 Å². The third-order valence-electron chi connectivity index (χ3n) is 5.12. The van der Waals surface area contributed by atoms with Crippen LogP contribution in [0.1, 0.15) is 35.2 Å². The number of aryl methyl sites for hydroxylation is 1. The maximum atomic E-state index is 12.7. The fourth-order valence-corrected chi connectivity index (χ4v) is 5.02. The van der Waals surface area contributed by atoms with Gasteiger partial charge in [0.1, 0.15) is 10.7 Å². The molecule has 2 aromatic heterocycles. The van der Waals surface area contributed by atoms with Crippen LogP contribution >= 0.6 is 11.3 Å². The highest BCUT2D eigenvalue weighted by Crippen LogP contribution is 2.38. The topological polar surface area (TPSA) is 84.4 Å². The van der Waals surface area contributed by atoms with Gasteiger partial charge in [-0.1, -0.05) is 13.0 Å². The Balaban J connectivity index is 1.72. The summed E-state index contributed by atoms with van der Waals surface area (Å²) in [6.45, 7) is 2.25. The number of aromatic amines is 1. The summed E-state index contributed by atoms with van der Waals surface area (Å²) in [7, 11) is 2.96. The van der Waals surface area contributed by atoms with E-state index in [0.29, 0.717) is 23.2 Å². The first-order chi connectivity index (χ1) is 13.5. The lowest BCUT2D eigenvalue weighted by molar-refractivity contribution is 0.340. The summed E-state index contributed by atoms with van der Waals surface area (Å²) < 4.78 is 10.4. The predicted molar refractivity (Wildman–Crippen MR) is 112 cm³/mol. The molecule has 0 saturated carbocycles. The summed E-state index contributed by atoms with van der Waals surface area (Å²) >= 11 is 1.63. The van der Waals surface area contributed by atoms with Crippen molar-refractivity contribution in [1.29, 1.82) is 0 Å². The number of H-pyrrole nitrogens is 1. The van der Waals surface area contributed by atoms with E-state index in [2.05, 4.69) is 16.9 Å². The number of nitrogens with one attached hydrogen (secondary N) is 1. The van der Waals surface area contributed by atoms with Crippen molar-refractivity contribution in [3.8, 4) is 17.2 Å². The lowest BCUT2D eigenvalue weighted by Gasteiger charge is -2.17. The molecule has 3 aromatic rings. The molecule has 0 bridgehead atoms. The molecule has 0 saturated heterocycles. The number of phenols is 1. The first-order valence-corrected chi connectivity index (χ1v) is 9.99. The quantitative estimate of drug-likeness (QED) is 0.694. The first-order valence-electron chi connectivity index (χ1n) is 9.17. The minimum Gasteiger partial charge on any atom is -0.502 e. The van der Waals surface area contributed by atoms with Crippen molar-refractivity contribution in [3.05, 3.63) is 44.3 Å². The Kier molecular flexibility index (Phi) is 4.85. The summed E-state index contributed by atoms with van der Waals surface area (Å²) in [5.41, 5.74) is 1.85. The van der Waals surface area contributed by atoms with Gasteiger partial charge in [0, 0.05) is 4.88 Å². The Hall–Kier alpha value is -2.80. The normalized spacial score (nSPS) is 16.5. The van der Waals surface area contributed by atoms with Crippen molar-refractivity contribution in [3.63, 3.8) is 0 Å². The Morgan fingerprint density at radius 3 is 2.64 bits per heavy atom. The van der Waals surface area contributed by atoms with Gasteiger partial charge in [0.05, 0.1) is 19.6 Å². The van der Waals surface area contributed by atoms with Crippen molar-refractivity contribution >= 4 is 33.7 Å². The fourth-order valence-electron chi connectivity index (χ4n) is 3.63. The SMILES string of the molecule is COc1cc(/C=C/c2nc3sc4c(c3c(=O)[nH]2)CC[C@@H](C)C4)cc(OC)c1O. The van der Waals surface area contributed by atoms with Gasteiger partial charge in [-0.15, -0.1) is 11.3 Å². The molecular weight excluding hydrogens is 376 g/mol. The molecule has 0 radical (unpaired) electrons. The number of aromatic hydroxyl groups is 1. The van der Waals surface area contributed by atoms with Gasteiger partial charge in [0.2, 0.25) is 5.75 Å². The number of thiophene rings is 1. The van der Waals surface area contributed by atoms with E-state index in [0.717, 1.165) is 35.0 Å². The van der Waals surface area contributed by atoms with Crippen molar-refractivity contribution in [2.24, 2.45) is 5.92 Å². The monoisotopic (exact) mass is 398 g/mol. The van der Waals surface area contributed by atoms with E-state index in [9.17, 15) is 9.90 Å². The molecule has 2 heterocycles. The molecule has 0 fully saturated rings. The average molecular weight is 398 g/mol. The van der Waals surface area contributed by atoms with E-state index >= 15 is 0 Å². The molecule has 1 aromatic carbocycles. The number of methoxy groups -OCH3 is 2. The second kappa shape index (κ2) is 7.31. The van der Waals surface area contributed by atoms with Gasteiger partial charge in [-0.05, 0) is 54.5 Å². The highest BCUT2D eigenvalue weighted by atomic mass is 32.1. The smallest absolute Gasteiger partial charge is 0.260 e. The first kappa shape index (κ1) is 18.6. The summed E-state index contributed by atoms with van der Waals surface area (Å²) in [6, 6.07) is 3.38. The van der Waals surface area contributed by atoms with Gasteiger partial charge in [-0.3, -0.25) is 4.79 Å². The molecule has 0 unspecified atom stereocenters. The Morgan fingerprint density at radius 1 is 1.25 bits per heavy atom. The van der Waals surface area contributed by atoms with Gasteiger partial charge >= 0.3 is 0 Å². The number of phenolic OH excluding ortho intramolecular Hbond substituents is 1. The van der Waals surface area contributed by atoms with Gasteiger partial charge in [-0.2, -0.15) is 0 Å². The number of rotatable bonds is 4. The Morgan fingerprint density at radius 2 is 1.96 bits per heavy atom. The maximum Gasteiger partial charge on any atom is 0.260 e. The highest BCUT2D eigenvalue weighted by molar-refractivity contribution is 7.18. The molecule has 0 spiro atoms. The molecule has 146 valence electrons. The third kappa shape index (κ3) is 3.26. The lowest BCUT2D eigenvalue weighted by atomic mass is 9.89. The zero-order valence-electron chi connectivity index (χ0n) is 16.0. The van der Waals surface area contributed by atoms with Crippen LogP contribution in [0.15, 0.2) is 16.9 Å². The van der Waals surface area contributed by atoms with Crippen LogP contribution in [0, 0.1) is 5.92 Å². The Labute approximate surface area is 166 Å². The van der Waals surface area contributed by atoms with Crippen molar-refractivity contribution < 1.29 is 14.6 Å². The number of fused-ring (bicyclic) bond motifs is 3. The summed E-state index contributed by atoms with van der Waals surface area (Å²) in [6.07, 6.45) is 6.62. The van der Waals surface area contributed by atoms with Gasteiger partial charge in [0.15, 0.2) is 11.5 Å². The van der Waals surface area contributed by atoms with Crippen LogP contribution in [0.5, 0.6) is 17.2 Å². The second-order valence-electron chi connectivity index (χ2n) is 7.09. The zero-order valence-corrected chi connectivity index (χ0v) is 16.9. The molecule has 1 atom stereocenters. The summed E-state index contributed by atoms with van der Waals surface area (Å²) in [5, 5.41) is 10.8. The summed E-state index contributed by atoms with van der Waals surface area (Å²) in [5.74, 6) is 1.73. The van der Waals surface area contributed by atoms with Crippen LogP contribution in [0.2, 0.25) is 0 Å². The molecule has 7 heteroatoms. The van der Waals surface area contributed by atoms with Crippen LogP contribution in [-0.2, 0) is 12.8 Å². The molecule has 6 nitrogen and oxygen atoms in total. The molecular formula is C21H22N2O4S. The number of benzene rings is 1. The van der Waals surface area contributed by atoms with Crippen LogP contribution < -0.4 is 15.0 Å². The van der Waals surface area contributed by atoms with Crippen molar-refractivity contribution in [2.75, 3.05) is 14.2 Å². The third-order valence-corrected chi connectivity index (χ3v) is 6.27. The molecule has 28 heavy (non-hydrogen) atoms. The van der Waals surface area contributed by atoms with E-state index in [-0.39, 0.29) is 11.3 Å². The number of hydrogen-bond donors (Lipinski definition) is 2. The molecule has 0 amide bonds. The van der Waals surface area contributed by atoms with Gasteiger partial charge in [-0.25, -0.2) is 4.98 Å². The number of hydrogen-bond acceptors (Lipinski definition) is 6. The Bertz CT molecular complexity index is 1100. The van der Waals surface area contributed by atoms with E-state index in [1.807, 2.05) is 0 Å². The van der Waals surface area contributed by atoms with E-state index < -0.39 is 0 Å². The van der Waals surface area contributed by atoms with Crippen molar-refractivity contribution in [1.82, 2.24) is 9.97 Å². The lowest BCUT2D eigenvalue weighted by Crippen LogP contribution is -2.13. The maximum absolute atomic E-state index is 12.7. The fraction of sp³-hybridized carbons (Fsp3) is 0.333. The van der Waals surface area contributed by atoms with Gasteiger partial charge < -0.3 is 19.6 Å². The molecule has 4 rings (SSSR count). The predicted octanol–water partition coefficient (Wildman–Crippen LogP) is 4.00. The number of aromatic nitrogens is 2. The number of ether oxygens (including phenoxy) is 2. The minimum atomic E-state index is -0.0856. The van der Waals surface area contributed by atoms with Crippen LogP contribution in [0.3, 0.4) is 0 Å². The standard InChI is InChI=1S/C21H22N2O4S/c1-11-4-6-13-16(8-11)28-21-18(13)20(25)22-17(23-21)7-5-12-9-14(26-2)19(24)15(10-12)27-3/h5,7,9-11,24H,4,6,8H2,1-3H3,(H,22,23,25)/b7-5+/t11-/m1/s1. The van der Waals surface area contributed by atoms with Crippen LogP contribution in [0.25, 0.3) is 22.4 Å². The summed E-state index contributed by atoms with van der Waals surface area (Å²) in [4.78, 5) is 22.3. The largest absolute Gasteiger partial charge is 0.502 e. The van der Waals surface area contributed by atoms with Gasteiger partial charge in [0.25, 0.3) is 5.56 Å². The number of nitrogens with zero attached hydrogens (tertiary/aromatic N) is 1. The van der Waals surface area contributed by atoms with Crippen molar-refractivity contribution in [2.45, 2.75) is 26.2 Å². The average Bonchev–Trinajstić information content (AvgIpc) is 3.04.